The normalized spacial score (nSPS) is 16.1. The second-order valence-corrected chi connectivity index (χ2v) is 3.95. The third-order valence-electron chi connectivity index (χ3n) is 2.78. The maximum Gasteiger partial charge on any atom is 0.115 e. The second kappa shape index (κ2) is 3.41. The zero-order chi connectivity index (χ0) is 9.26. The van der Waals surface area contributed by atoms with Crippen LogP contribution in [-0.2, 0) is 12.8 Å². The highest BCUT2D eigenvalue weighted by molar-refractivity contribution is 5.35. The molecule has 2 rings (SSSR count). The van der Waals surface area contributed by atoms with Gasteiger partial charge in [-0.2, -0.15) is 0 Å². The van der Waals surface area contributed by atoms with Crippen molar-refractivity contribution in [1.29, 1.82) is 0 Å². The van der Waals surface area contributed by atoms with Gasteiger partial charge in [0.15, 0.2) is 0 Å². The highest BCUT2D eigenvalue weighted by Gasteiger charge is 2.22. The van der Waals surface area contributed by atoms with Gasteiger partial charge in [-0.15, -0.1) is 0 Å². The quantitative estimate of drug-likeness (QED) is 0.750. The Morgan fingerprint density at radius 1 is 1.31 bits per heavy atom. The fourth-order valence-corrected chi connectivity index (χ4v) is 1.78. The largest absolute Gasteiger partial charge is 0.508 e. The van der Waals surface area contributed by atoms with Crippen LogP contribution in [0.4, 0.5) is 0 Å². The van der Waals surface area contributed by atoms with Gasteiger partial charge in [-0.3, -0.25) is 0 Å². The van der Waals surface area contributed by atoms with E-state index in [2.05, 4.69) is 6.92 Å². The molecule has 1 aromatic carbocycles. The van der Waals surface area contributed by atoms with Gasteiger partial charge in [0.2, 0.25) is 0 Å². The Kier molecular flexibility index (Phi) is 2.26. The lowest BCUT2D eigenvalue weighted by Gasteiger charge is -2.07. The summed E-state index contributed by atoms with van der Waals surface area (Å²) in [5.41, 5.74) is 2.75. The Balaban J connectivity index is 2.22. The van der Waals surface area contributed by atoms with E-state index in [0.717, 1.165) is 18.8 Å². The monoisotopic (exact) mass is 176 g/mol. The Bertz CT molecular complexity index is 300. The van der Waals surface area contributed by atoms with Crippen molar-refractivity contribution in [1.82, 2.24) is 0 Å². The van der Waals surface area contributed by atoms with E-state index < -0.39 is 0 Å². The third kappa shape index (κ3) is 2.03. The van der Waals surface area contributed by atoms with Crippen LogP contribution >= 0.6 is 0 Å². The van der Waals surface area contributed by atoms with Crippen molar-refractivity contribution < 1.29 is 5.11 Å². The Hall–Kier alpha value is -0.980. The lowest BCUT2D eigenvalue weighted by Crippen LogP contribution is -1.93. The summed E-state index contributed by atoms with van der Waals surface area (Å²) in [4.78, 5) is 0. The predicted octanol–water partition coefficient (Wildman–Crippen LogP) is 2.91. The zero-order valence-corrected chi connectivity index (χ0v) is 8.09. The molecule has 0 aliphatic heterocycles. The van der Waals surface area contributed by atoms with Crippen molar-refractivity contribution in [3.63, 3.8) is 0 Å². The highest BCUT2D eigenvalue weighted by Crippen LogP contribution is 2.34. The second-order valence-electron chi connectivity index (χ2n) is 3.95. The van der Waals surface area contributed by atoms with Crippen LogP contribution in [0.1, 0.15) is 30.9 Å². The summed E-state index contributed by atoms with van der Waals surface area (Å²) in [5, 5.41) is 9.37. The number of aromatic hydroxyl groups is 1. The van der Waals surface area contributed by atoms with Crippen LogP contribution in [0.15, 0.2) is 18.2 Å². The van der Waals surface area contributed by atoms with E-state index in [1.54, 1.807) is 6.07 Å². The summed E-state index contributed by atoms with van der Waals surface area (Å²) in [5.74, 6) is 1.31. The molecule has 0 heterocycles. The maximum absolute atomic E-state index is 9.37. The number of rotatable bonds is 3. The number of benzene rings is 1. The number of hydrogen-bond acceptors (Lipinski definition) is 1. The fraction of sp³-hybridized carbons (Fsp3) is 0.500. The Morgan fingerprint density at radius 2 is 2.08 bits per heavy atom. The molecule has 0 spiro atoms. The van der Waals surface area contributed by atoms with Gasteiger partial charge in [0, 0.05) is 0 Å². The zero-order valence-electron chi connectivity index (χ0n) is 8.09. The highest BCUT2D eigenvalue weighted by atomic mass is 16.3. The lowest BCUT2D eigenvalue weighted by atomic mass is 10.00. The van der Waals surface area contributed by atoms with Gasteiger partial charge in [-0.25, -0.2) is 0 Å². The van der Waals surface area contributed by atoms with Crippen molar-refractivity contribution in [2.24, 2.45) is 5.92 Å². The standard InChI is InChI=1S/C12H16O/c1-2-10-5-6-12(13)8-11(10)7-9-3-4-9/h5-6,8-9,13H,2-4,7H2,1H3. The first-order chi connectivity index (χ1) is 6.29. The molecule has 1 aromatic rings. The lowest BCUT2D eigenvalue weighted by molar-refractivity contribution is 0.474. The van der Waals surface area contributed by atoms with Crippen LogP contribution in [-0.4, -0.2) is 5.11 Å². The molecule has 0 radical (unpaired) electrons. The van der Waals surface area contributed by atoms with Gasteiger partial charge in [0.25, 0.3) is 0 Å². The molecule has 0 saturated heterocycles. The Labute approximate surface area is 79.4 Å². The van der Waals surface area contributed by atoms with Gasteiger partial charge < -0.3 is 5.11 Å². The molecular weight excluding hydrogens is 160 g/mol. The Morgan fingerprint density at radius 3 is 2.69 bits per heavy atom. The van der Waals surface area contributed by atoms with Crippen molar-refractivity contribution in [2.45, 2.75) is 32.6 Å². The molecule has 0 bridgehead atoms. The molecule has 1 saturated carbocycles. The summed E-state index contributed by atoms with van der Waals surface area (Å²) in [6, 6.07) is 5.76. The average Bonchev–Trinajstić information content (AvgIpc) is 2.89. The van der Waals surface area contributed by atoms with E-state index >= 15 is 0 Å². The first-order valence-electron chi connectivity index (χ1n) is 5.10. The molecule has 70 valence electrons. The maximum atomic E-state index is 9.37. The summed E-state index contributed by atoms with van der Waals surface area (Å²) in [7, 11) is 0. The minimum absolute atomic E-state index is 0.410. The molecule has 1 aliphatic carbocycles. The van der Waals surface area contributed by atoms with Gasteiger partial charge in [-0.05, 0) is 54.9 Å². The molecule has 0 aromatic heterocycles. The molecule has 0 amide bonds. The number of hydrogen-bond donors (Lipinski definition) is 1. The van der Waals surface area contributed by atoms with Crippen molar-refractivity contribution in [2.75, 3.05) is 0 Å². The minimum Gasteiger partial charge on any atom is -0.508 e. The van der Waals surface area contributed by atoms with Crippen molar-refractivity contribution >= 4 is 0 Å². The molecule has 0 unspecified atom stereocenters. The van der Waals surface area contributed by atoms with Gasteiger partial charge in [-0.1, -0.05) is 13.0 Å². The van der Waals surface area contributed by atoms with Crippen LogP contribution in [0.2, 0.25) is 0 Å². The van der Waals surface area contributed by atoms with Gasteiger partial charge in [0.1, 0.15) is 5.75 Å². The van der Waals surface area contributed by atoms with E-state index in [0.29, 0.717) is 5.75 Å². The molecule has 1 nitrogen and oxygen atoms in total. The summed E-state index contributed by atoms with van der Waals surface area (Å²) < 4.78 is 0. The topological polar surface area (TPSA) is 20.2 Å². The van der Waals surface area contributed by atoms with Crippen molar-refractivity contribution in [3.05, 3.63) is 29.3 Å². The SMILES string of the molecule is CCc1ccc(O)cc1CC1CC1. The predicted molar refractivity (Wildman–Crippen MR) is 53.9 cm³/mol. The van der Waals surface area contributed by atoms with Gasteiger partial charge >= 0.3 is 0 Å². The number of aryl methyl sites for hydroxylation is 1. The molecule has 1 N–H and O–H groups in total. The molecule has 13 heavy (non-hydrogen) atoms. The van der Waals surface area contributed by atoms with E-state index in [1.807, 2.05) is 12.1 Å². The van der Waals surface area contributed by atoms with Gasteiger partial charge in [0.05, 0.1) is 0 Å². The van der Waals surface area contributed by atoms with Crippen LogP contribution in [0.3, 0.4) is 0 Å². The van der Waals surface area contributed by atoms with Crippen LogP contribution in [0.5, 0.6) is 5.75 Å². The third-order valence-corrected chi connectivity index (χ3v) is 2.78. The smallest absolute Gasteiger partial charge is 0.115 e. The molecular formula is C12H16O. The number of phenols is 1. The molecule has 1 fully saturated rings. The first kappa shape index (κ1) is 8.61. The van der Waals surface area contributed by atoms with E-state index in [4.69, 9.17) is 0 Å². The number of phenolic OH excluding ortho intramolecular Hbond substituents is 1. The average molecular weight is 176 g/mol. The van der Waals surface area contributed by atoms with Crippen molar-refractivity contribution in [3.8, 4) is 5.75 Å². The van der Waals surface area contributed by atoms with Crippen LogP contribution < -0.4 is 0 Å². The molecule has 1 aliphatic rings. The van der Waals surface area contributed by atoms with Crippen LogP contribution in [0, 0.1) is 5.92 Å². The first-order valence-corrected chi connectivity index (χ1v) is 5.10. The van der Waals surface area contributed by atoms with E-state index in [9.17, 15) is 5.11 Å². The van der Waals surface area contributed by atoms with Crippen LogP contribution in [0.25, 0.3) is 0 Å². The van der Waals surface area contributed by atoms with E-state index in [-0.39, 0.29) is 0 Å². The summed E-state index contributed by atoms with van der Waals surface area (Å²) in [6.45, 7) is 2.17. The fourth-order valence-electron chi connectivity index (χ4n) is 1.78. The molecule has 1 heteroatoms. The summed E-state index contributed by atoms with van der Waals surface area (Å²) >= 11 is 0. The summed E-state index contributed by atoms with van der Waals surface area (Å²) in [6.07, 6.45) is 4.98. The minimum atomic E-state index is 0.410. The van der Waals surface area contributed by atoms with E-state index in [1.165, 1.54) is 24.0 Å². The molecule has 0 atom stereocenters.